The third-order valence-corrected chi connectivity index (χ3v) is 4.53. The van der Waals surface area contributed by atoms with Crippen molar-refractivity contribution < 1.29 is 9.53 Å². The lowest BCUT2D eigenvalue weighted by molar-refractivity contribution is 0.0546. The normalized spacial score (nSPS) is 20.9. The molecular formula is C16H23N3O2. The number of urea groups is 1. The van der Waals surface area contributed by atoms with Gasteiger partial charge >= 0.3 is 6.03 Å². The van der Waals surface area contributed by atoms with E-state index in [0.717, 1.165) is 31.7 Å². The number of fused-ring (bicyclic) bond motifs is 1. The second-order valence-corrected chi connectivity index (χ2v) is 5.92. The molecule has 2 aliphatic heterocycles. The molecule has 1 saturated heterocycles. The summed E-state index contributed by atoms with van der Waals surface area (Å²) >= 11 is 0. The summed E-state index contributed by atoms with van der Waals surface area (Å²) < 4.78 is 5.46. The summed E-state index contributed by atoms with van der Waals surface area (Å²) in [6, 6.07) is 6.69. The van der Waals surface area contributed by atoms with E-state index in [-0.39, 0.29) is 6.03 Å². The SMILES string of the molecule is CNC(c1ccc2c(c1)CN(C)C(=O)N2)C1CCOCC1. The summed E-state index contributed by atoms with van der Waals surface area (Å²) in [4.78, 5) is 13.4. The smallest absolute Gasteiger partial charge is 0.321 e. The van der Waals surface area contributed by atoms with E-state index >= 15 is 0 Å². The molecule has 21 heavy (non-hydrogen) atoms. The fraction of sp³-hybridized carbons (Fsp3) is 0.562. The topological polar surface area (TPSA) is 53.6 Å². The van der Waals surface area contributed by atoms with Crippen LogP contribution >= 0.6 is 0 Å². The van der Waals surface area contributed by atoms with E-state index in [0.29, 0.717) is 18.5 Å². The Bertz CT molecular complexity index is 526. The van der Waals surface area contributed by atoms with Gasteiger partial charge in [0.2, 0.25) is 0 Å². The molecule has 2 aliphatic rings. The van der Waals surface area contributed by atoms with E-state index in [1.54, 1.807) is 4.90 Å². The first-order chi connectivity index (χ1) is 10.2. The van der Waals surface area contributed by atoms with Crippen LogP contribution in [0.5, 0.6) is 0 Å². The zero-order chi connectivity index (χ0) is 14.8. The molecule has 2 amide bonds. The van der Waals surface area contributed by atoms with Gasteiger partial charge in [-0.15, -0.1) is 0 Å². The first kappa shape index (κ1) is 14.4. The molecule has 1 aromatic carbocycles. The van der Waals surface area contributed by atoms with Gasteiger partial charge in [0.1, 0.15) is 0 Å². The Morgan fingerprint density at radius 2 is 2.14 bits per heavy atom. The number of hydrogen-bond donors (Lipinski definition) is 2. The van der Waals surface area contributed by atoms with Crippen LogP contribution in [-0.2, 0) is 11.3 Å². The number of benzene rings is 1. The Labute approximate surface area is 125 Å². The highest BCUT2D eigenvalue weighted by Gasteiger charge is 2.26. The molecule has 0 spiro atoms. The molecule has 0 saturated carbocycles. The fourth-order valence-corrected chi connectivity index (χ4v) is 3.32. The number of nitrogens with zero attached hydrogens (tertiary/aromatic N) is 1. The zero-order valence-electron chi connectivity index (χ0n) is 12.7. The van der Waals surface area contributed by atoms with Gasteiger partial charge in [-0.1, -0.05) is 12.1 Å². The molecule has 3 rings (SSSR count). The first-order valence-corrected chi connectivity index (χ1v) is 7.59. The van der Waals surface area contributed by atoms with Crippen molar-refractivity contribution in [1.29, 1.82) is 0 Å². The monoisotopic (exact) mass is 289 g/mol. The highest BCUT2D eigenvalue weighted by Crippen LogP contribution is 2.33. The van der Waals surface area contributed by atoms with E-state index in [2.05, 4.69) is 22.8 Å². The van der Waals surface area contributed by atoms with Gasteiger partial charge in [0, 0.05) is 38.5 Å². The van der Waals surface area contributed by atoms with E-state index in [9.17, 15) is 4.79 Å². The van der Waals surface area contributed by atoms with Crippen LogP contribution in [0.1, 0.15) is 30.0 Å². The van der Waals surface area contributed by atoms with Crippen LogP contribution in [0.4, 0.5) is 10.5 Å². The Morgan fingerprint density at radius 1 is 1.38 bits per heavy atom. The van der Waals surface area contributed by atoms with Gasteiger partial charge in [0.15, 0.2) is 0 Å². The average Bonchev–Trinajstić information content (AvgIpc) is 2.50. The predicted octanol–water partition coefficient (Wildman–Crippen LogP) is 2.35. The molecule has 1 aromatic rings. The number of hydrogen-bond acceptors (Lipinski definition) is 3. The van der Waals surface area contributed by atoms with Gasteiger partial charge in [0.25, 0.3) is 0 Å². The average molecular weight is 289 g/mol. The lowest BCUT2D eigenvalue weighted by atomic mass is 9.86. The Kier molecular flexibility index (Phi) is 4.12. The second kappa shape index (κ2) is 6.03. The van der Waals surface area contributed by atoms with Crippen molar-refractivity contribution >= 4 is 11.7 Å². The van der Waals surface area contributed by atoms with Crippen LogP contribution in [0.2, 0.25) is 0 Å². The third kappa shape index (κ3) is 2.89. The predicted molar refractivity (Wildman–Crippen MR) is 82.3 cm³/mol. The quantitative estimate of drug-likeness (QED) is 0.898. The molecule has 1 atom stereocenters. The lowest BCUT2D eigenvalue weighted by Gasteiger charge is -2.32. The Morgan fingerprint density at radius 3 is 2.86 bits per heavy atom. The van der Waals surface area contributed by atoms with Gasteiger partial charge < -0.3 is 20.3 Å². The minimum Gasteiger partial charge on any atom is -0.381 e. The molecule has 5 nitrogen and oxygen atoms in total. The van der Waals surface area contributed by atoms with Crippen molar-refractivity contribution in [3.8, 4) is 0 Å². The third-order valence-electron chi connectivity index (χ3n) is 4.53. The second-order valence-electron chi connectivity index (χ2n) is 5.92. The number of nitrogens with one attached hydrogen (secondary N) is 2. The van der Waals surface area contributed by atoms with Crippen molar-refractivity contribution in [1.82, 2.24) is 10.2 Å². The van der Waals surface area contributed by atoms with Crippen LogP contribution in [-0.4, -0.2) is 38.2 Å². The number of ether oxygens (including phenoxy) is 1. The summed E-state index contributed by atoms with van der Waals surface area (Å²) in [5.74, 6) is 0.609. The highest BCUT2D eigenvalue weighted by atomic mass is 16.5. The number of anilines is 1. The maximum absolute atomic E-state index is 11.7. The van der Waals surface area contributed by atoms with Crippen LogP contribution in [0.3, 0.4) is 0 Å². The van der Waals surface area contributed by atoms with Gasteiger partial charge in [-0.05, 0) is 43.0 Å². The molecule has 0 bridgehead atoms. The summed E-state index contributed by atoms with van der Waals surface area (Å²) in [6.45, 7) is 2.37. The van der Waals surface area contributed by atoms with Gasteiger partial charge in [-0.3, -0.25) is 0 Å². The Hall–Kier alpha value is -1.59. The lowest BCUT2D eigenvalue weighted by Crippen LogP contribution is -2.36. The molecule has 0 aliphatic carbocycles. The summed E-state index contributed by atoms with van der Waals surface area (Å²) in [6.07, 6.45) is 2.19. The fourth-order valence-electron chi connectivity index (χ4n) is 3.32. The molecular weight excluding hydrogens is 266 g/mol. The van der Waals surface area contributed by atoms with E-state index in [4.69, 9.17) is 4.74 Å². The number of carbonyl (C=O) groups excluding carboxylic acids is 1. The van der Waals surface area contributed by atoms with Crippen LogP contribution in [0.25, 0.3) is 0 Å². The van der Waals surface area contributed by atoms with Crippen molar-refractivity contribution in [2.24, 2.45) is 5.92 Å². The maximum atomic E-state index is 11.7. The highest BCUT2D eigenvalue weighted by molar-refractivity contribution is 5.92. The molecule has 0 aromatic heterocycles. The molecule has 0 radical (unpaired) electrons. The standard InChI is InChI=1S/C16H23N3O2/c1-17-15(11-5-7-21-8-6-11)12-3-4-14-13(9-12)10-19(2)16(20)18-14/h3-4,9,11,15,17H,5-8,10H2,1-2H3,(H,18,20). The summed E-state index contributed by atoms with van der Waals surface area (Å²) in [5.41, 5.74) is 3.42. The number of carbonyl (C=O) groups is 1. The van der Waals surface area contributed by atoms with E-state index in [1.165, 1.54) is 11.1 Å². The van der Waals surface area contributed by atoms with E-state index in [1.807, 2.05) is 20.2 Å². The van der Waals surface area contributed by atoms with Crippen molar-refractivity contribution in [2.45, 2.75) is 25.4 Å². The minimum absolute atomic E-state index is 0.0372. The van der Waals surface area contributed by atoms with Gasteiger partial charge in [-0.2, -0.15) is 0 Å². The van der Waals surface area contributed by atoms with Crippen molar-refractivity contribution in [3.05, 3.63) is 29.3 Å². The van der Waals surface area contributed by atoms with Crippen LogP contribution in [0, 0.1) is 5.92 Å². The largest absolute Gasteiger partial charge is 0.381 e. The summed E-state index contributed by atoms with van der Waals surface area (Å²) in [7, 11) is 3.84. The van der Waals surface area contributed by atoms with Crippen molar-refractivity contribution in [3.63, 3.8) is 0 Å². The molecule has 5 heteroatoms. The van der Waals surface area contributed by atoms with Crippen LogP contribution < -0.4 is 10.6 Å². The van der Waals surface area contributed by atoms with E-state index < -0.39 is 0 Å². The van der Waals surface area contributed by atoms with Gasteiger partial charge in [0.05, 0.1) is 0 Å². The summed E-state index contributed by atoms with van der Waals surface area (Å²) in [5, 5.41) is 6.38. The Balaban J connectivity index is 1.84. The molecule has 114 valence electrons. The molecule has 2 heterocycles. The van der Waals surface area contributed by atoms with Crippen molar-refractivity contribution in [2.75, 3.05) is 32.6 Å². The van der Waals surface area contributed by atoms with Crippen LogP contribution in [0.15, 0.2) is 18.2 Å². The van der Waals surface area contributed by atoms with Gasteiger partial charge in [-0.25, -0.2) is 4.79 Å². The molecule has 1 fully saturated rings. The molecule has 2 N–H and O–H groups in total. The zero-order valence-corrected chi connectivity index (χ0v) is 12.7. The molecule has 1 unspecified atom stereocenters. The number of rotatable bonds is 3. The number of amides is 2. The first-order valence-electron chi connectivity index (χ1n) is 7.59. The minimum atomic E-state index is -0.0372. The maximum Gasteiger partial charge on any atom is 0.321 e.